The molecule has 0 aromatic carbocycles. The van der Waals surface area contributed by atoms with E-state index in [0.29, 0.717) is 5.92 Å². The van der Waals surface area contributed by atoms with E-state index in [0.717, 1.165) is 31.8 Å². The first-order valence-electron chi connectivity index (χ1n) is 5.20. The van der Waals surface area contributed by atoms with Crippen LogP contribution in [-0.4, -0.2) is 29.1 Å². The molecule has 1 N–H and O–H groups in total. The lowest BCUT2D eigenvalue weighted by Gasteiger charge is -2.13. The van der Waals surface area contributed by atoms with Crippen LogP contribution in [0.3, 0.4) is 0 Å². The molecule has 0 bridgehead atoms. The summed E-state index contributed by atoms with van der Waals surface area (Å²) in [6, 6.07) is 3.82. The number of hydrogen-bond acceptors (Lipinski definition) is 3. The second kappa shape index (κ2) is 4.49. The number of aliphatic carboxylic acids is 1. The maximum absolute atomic E-state index is 10.5. The predicted octanol–water partition coefficient (Wildman–Crippen LogP) is 1.58. The number of carboxylic acids is 1. The third kappa shape index (κ3) is 2.83. The third-order valence-electron chi connectivity index (χ3n) is 2.79. The van der Waals surface area contributed by atoms with E-state index < -0.39 is 5.97 Å². The second-order valence-electron chi connectivity index (χ2n) is 4.07. The Morgan fingerprint density at radius 3 is 3.20 bits per heavy atom. The van der Waals surface area contributed by atoms with Crippen LogP contribution in [0.25, 0.3) is 0 Å². The molecule has 2 heterocycles. The first kappa shape index (κ1) is 10.2. The third-order valence-corrected chi connectivity index (χ3v) is 2.79. The number of carboxylic acid groups (broad SMARTS) is 1. The molecule has 1 aliphatic rings. The molecule has 1 aromatic rings. The van der Waals surface area contributed by atoms with Gasteiger partial charge in [0, 0.05) is 13.0 Å². The second-order valence-corrected chi connectivity index (χ2v) is 4.07. The Balaban J connectivity index is 1.80. The van der Waals surface area contributed by atoms with Gasteiger partial charge >= 0.3 is 5.97 Å². The highest BCUT2D eigenvalue weighted by atomic mass is 16.4. The fourth-order valence-corrected chi connectivity index (χ4v) is 2.09. The van der Waals surface area contributed by atoms with E-state index in [2.05, 4.69) is 4.90 Å². The molecule has 1 aromatic heterocycles. The summed E-state index contributed by atoms with van der Waals surface area (Å²) < 4.78 is 5.25. The summed E-state index contributed by atoms with van der Waals surface area (Å²) >= 11 is 0. The van der Waals surface area contributed by atoms with Gasteiger partial charge in [0.2, 0.25) is 0 Å². The standard InChI is InChI=1S/C11H15NO3/c13-11(14)6-9-3-4-12(7-9)8-10-2-1-5-15-10/h1-2,5,9H,3-4,6-8H2,(H,13,14). The Labute approximate surface area is 88.5 Å². The van der Waals surface area contributed by atoms with Gasteiger partial charge in [-0.05, 0) is 31.0 Å². The first-order valence-corrected chi connectivity index (χ1v) is 5.20. The van der Waals surface area contributed by atoms with Gasteiger partial charge in [0.05, 0.1) is 12.8 Å². The zero-order chi connectivity index (χ0) is 10.7. The van der Waals surface area contributed by atoms with E-state index in [1.807, 2.05) is 12.1 Å². The van der Waals surface area contributed by atoms with Gasteiger partial charge in [0.15, 0.2) is 0 Å². The molecular formula is C11H15NO3. The van der Waals surface area contributed by atoms with Crippen molar-refractivity contribution in [2.24, 2.45) is 5.92 Å². The van der Waals surface area contributed by atoms with Gasteiger partial charge in [-0.15, -0.1) is 0 Å². The minimum Gasteiger partial charge on any atom is -0.481 e. The average Bonchev–Trinajstić information content (AvgIpc) is 2.77. The van der Waals surface area contributed by atoms with Gasteiger partial charge in [-0.1, -0.05) is 0 Å². The normalized spacial score (nSPS) is 22.0. The number of nitrogens with zero attached hydrogens (tertiary/aromatic N) is 1. The van der Waals surface area contributed by atoms with Gasteiger partial charge < -0.3 is 9.52 Å². The molecule has 2 rings (SSSR count). The van der Waals surface area contributed by atoms with Gasteiger partial charge in [0.25, 0.3) is 0 Å². The molecule has 1 saturated heterocycles. The van der Waals surface area contributed by atoms with Crippen LogP contribution in [0.4, 0.5) is 0 Å². The van der Waals surface area contributed by atoms with E-state index in [-0.39, 0.29) is 6.42 Å². The zero-order valence-corrected chi connectivity index (χ0v) is 8.56. The van der Waals surface area contributed by atoms with Crippen molar-refractivity contribution in [3.63, 3.8) is 0 Å². The maximum Gasteiger partial charge on any atom is 0.303 e. The molecular weight excluding hydrogens is 194 g/mol. The molecule has 1 unspecified atom stereocenters. The Bertz CT molecular complexity index is 321. The number of carbonyl (C=O) groups is 1. The number of hydrogen-bond donors (Lipinski definition) is 1. The van der Waals surface area contributed by atoms with Gasteiger partial charge in [-0.25, -0.2) is 0 Å². The van der Waals surface area contributed by atoms with Crippen molar-refractivity contribution in [1.29, 1.82) is 0 Å². The average molecular weight is 209 g/mol. The first-order chi connectivity index (χ1) is 7.24. The minimum atomic E-state index is -0.695. The molecule has 0 saturated carbocycles. The van der Waals surface area contributed by atoms with Crippen molar-refractivity contribution in [2.75, 3.05) is 13.1 Å². The molecule has 0 radical (unpaired) electrons. The van der Waals surface area contributed by atoms with E-state index in [4.69, 9.17) is 9.52 Å². The summed E-state index contributed by atoms with van der Waals surface area (Å²) in [5.41, 5.74) is 0. The molecule has 82 valence electrons. The van der Waals surface area contributed by atoms with Crippen LogP contribution in [0.2, 0.25) is 0 Å². The summed E-state index contributed by atoms with van der Waals surface area (Å²) in [4.78, 5) is 12.8. The fraction of sp³-hybridized carbons (Fsp3) is 0.545. The highest BCUT2D eigenvalue weighted by molar-refractivity contribution is 5.67. The monoisotopic (exact) mass is 209 g/mol. The van der Waals surface area contributed by atoms with E-state index in [1.165, 1.54) is 0 Å². The molecule has 1 aliphatic heterocycles. The summed E-state index contributed by atoms with van der Waals surface area (Å²) in [6.45, 7) is 2.63. The van der Waals surface area contributed by atoms with Crippen molar-refractivity contribution in [1.82, 2.24) is 4.90 Å². The largest absolute Gasteiger partial charge is 0.481 e. The highest BCUT2D eigenvalue weighted by Crippen LogP contribution is 2.21. The topological polar surface area (TPSA) is 53.7 Å². The van der Waals surface area contributed by atoms with Crippen molar-refractivity contribution >= 4 is 5.97 Å². The molecule has 4 nitrogen and oxygen atoms in total. The molecule has 15 heavy (non-hydrogen) atoms. The Morgan fingerprint density at radius 1 is 1.67 bits per heavy atom. The zero-order valence-electron chi connectivity index (χ0n) is 8.56. The SMILES string of the molecule is O=C(O)CC1CCN(Cc2ccco2)C1. The van der Waals surface area contributed by atoms with Gasteiger partial charge in [-0.3, -0.25) is 9.69 Å². The molecule has 4 heteroatoms. The summed E-state index contributed by atoms with van der Waals surface area (Å²) in [5, 5.41) is 8.68. The molecule has 0 spiro atoms. The van der Waals surface area contributed by atoms with Crippen molar-refractivity contribution < 1.29 is 14.3 Å². The van der Waals surface area contributed by atoms with Crippen LogP contribution in [0, 0.1) is 5.92 Å². The molecule has 1 fully saturated rings. The Hall–Kier alpha value is -1.29. The summed E-state index contributed by atoms with van der Waals surface area (Å²) in [7, 11) is 0. The number of likely N-dealkylation sites (tertiary alicyclic amines) is 1. The van der Waals surface area contributed by atoms with E-state index >= 15 is 0 Å². The molecule has 0 aliphatic carbocycles. The van der Waals surface area contributed by atoms with Crippen molar-refractivity contribution in [3.8, 4) is 0 Å². The Morgan fingerprint density at radius 2 is 2.53 bits per heavy atom. The Kier molecular flexibility index (Phi) is 3.06. The predicted molar refractivity (Wildman–Crippen MR) is 54.3 cm³/mol. The number of furan rings is 1. The molecule has 0 amide bonds. The van der Waals surface area contributed by atoms with Gasteiger partial charge in [0.1, 0.15) is 5.76 Å². The summed E-state index contributed by atoms with van der Waals surface area (Å²) in [5.74, 6) is 0.559. The van der Waals surface area contributed by atoms with E-state index in [9.17, 15) is 4.79 Å². The van der Waals surface area contributed by atoms with Crippen LogP contribution in [0.5, 0.6) is 0 Å². The highest BCUT2D eigenvalue weighted by Gasteiger charge is 2.24. The lowest BCUT2D eigenvalue weighted by atomic mass is 10.1. The van der Waals surface area contributed by atoms with Crippen LogP contribution in [0.1, 0.15) is 18.6 Å². The lowest BCUT2D eigenvalue weighted by Crippen LogP contribution is -2.20. The van der Waals surface area contributed by atoms with Crippen LogP contribution in [0.15, 0.2) is 22.8 Å². The minimum absolute atomic E-state index is 0.286. The fourth-order valence-electron chi connectivity index (χ4n) is 2.09. The van der Waals surface area contributed by atoms with Crippen molar-refractivity contribution in [3.05, 3.63) is 24.2 Å². The smallest absolute Gasteiger partial charge is 0.303 e. The summed E-state index contributed by atoms with van der Waals surface area (Å²) in [6.07, 6.45) is 2.93. The number of rotatable bonds is 4. The lowest BCUT2D eigenvalue weighted by molar-refractivity contribution is -0.138. The van der Waals surface area contributed by atoms with Crippen LogP contribution < -0.4 is 0 Å². The molecule has 1 atom stereocenters. The van der Waals surface area contributed by atoms with Gasteiger partial charge in [-0.2, -0.15) is 0 Å². The van der Waals surface area contributed by atoms with Crippen LogP contribution in [-0.2, 0) is 11.3 Å². The maximum atomic E-state index is 10.5. The van der Waals surface area contributed by atoms with Crippen LogP contribution >= 0.6 is 0 Å². The quantitative estimate of drug-likeness (QED) is 0.817. The van der Waals surface area contributed by atoms with E-state index in [1.54, 1.807) is 6.26 Å². The van der Waals surface area contributed by atoms with Crippen molar-refractivity contribution in [2.45, 2.75) is 19.4 Å².